The Balaban J connectivity index is 1.30. The van der Waals surface area contributed by atoms with Crippen molar-refractivity contribution in [1.29, 1.82) is 0 Å². The van der Waals surface area contributed by atoms with Gasteiger partial charge in [0.15, 0.2) is 16.6 Å². The van der Waals surface area contributed by atoms with Gasteiger partial charge < -0.3 is 23.1 Å². The Hall–Kier alpha value is -1.14. The number of hydrogen-bond donors (Lipinski definition) is 0. The fourth-order valence-electron chi connectivity index (χ4n) is 8.08. The minimum absolute atomic E-state index is 0.0966. The van der Waals surface area contributed by atoms with Crippen LogP contribution in [0.25, 0.3) is 0 Å². The molecular weight excluding hydrogens is 701 g/mol. The molecule has 0 aromatic heterocycles. The van der Waals surface area contributed by atoms with Gasteiger partial charge in [-0.3, -0.25) is 0 Å². The zero-order valence-corrected chi connectivity index (χ0v) is 37.0. The minimum atomic E-state index is -2.04. The number of hydrogen-bond acceptors (Lipinski definition) is 6. The number of fused-ring (bicyclic) bond motifs is 4. The van der Waals surface area contributed by atoms with Crippen LogP contribution in [0.4, 0.5) is 0 Å². The highest BCUT2D eigenvalue weighted by atomic mass is 32.2. The van der Waals surface area contributed by atoms with Crippen molar-refractivity contribution in [2.45, 2.75) is 159 Å². The van der Waals surface area contributed by atoms with Crippen LogP contribution < -0.4 is 0 Å². The highest BCUT2D eigenvalue weighted by Gasteiger charge is 2.54. The first-order valence-corrected chi connectivity index (χ1v) is 27.1. The summed E-state index contributed by atoms with van der Waals surface area (Å²) in [4.78, 5) is 1.60. The van der Waals surface area contributed by atoms with E-state index in [-0.39, 0.29) is 27.7 Å². The summed E-state index contributed by atoms with van der Waals surface area (Å²) in [6.07, 6.45) is 13.4. The van der Waals surface area contributed by atoms with Crippen LogP contribution in [-0.4, -0.2) is 58.8 Å². The maximum absolute atomic E-state index is 14.2. The second-order valence-electron chi connectivity index (χ2n) is 20.0. The van der Waals surface area contributed by atoms with E-state index in [1.165, 1.54) is 31.3 Å². The average Bonchev–Trinajstić information content (AvgIpc) is 3.70. The third-order valence-electron chi connectivity index (χ3n) is 13.7. The Kier molecular flexibility index (Phi) is 11.7. The van der Waals surface area contributed by atoms with Gasteiger partial charge in [-0.2, -0.15) is 0 Å². The normalized spacial score (nSPS) is 32.5. The van der Waals surface area contributed by atoms with Crippen molar-refractivity contribution in [2.75, 3.05) is 19.8 Å². The molecule has 1 aromatic rings. The van der Waals surface area contributed by atoms with Gasteiger partial charge >= 0.3 is 0 Å². The Morgan fingerprint density at radius 2 is 1.56 bits per heavy atom. The first kappa shape index (κ1) is 40.5. The van der Waals surface area contributed by atoms with Crippen LogP contribution in [-0.2, 0) is 33.9 Å². The number of allylic oxidation sites excluding steroid dienone is 1. The Labute approximate surface area is 320 Å². The highest BCUT2D eigenvalue weighted by Crippen LogP contribution is 2.56. The molecule has 0 radical (unpaired) electrons. The molecule has 6 aliphatic rings. The smallest absolute Gasteiger partial charge is 0.283 e. The summed E-state index contributed by atoms with van der Waals surface area (Å²) in [5, 5.41) is 0.292. The Morgan fingerprint density at radius 3 is 2.13 bits per heavy atom. The van der Waals surface area contributed by atoms with E-state index in [9.17, 15) is 4.21 Å². The van der Waals surface area contributed by atoms with Gasteiger partial charge in [0.05, 0.1) is 47.7 Å². The Morgan fingerprint density at radius 1 is 0.962 bits per heavy atom. The number of benzene rings is 1. The molecule has 0 amide bonds. The predicted octanol–water partition coefficient (Wildman–Crippen LogP) is 10.9. The SMILES string of the molecule is CC12COC(CCC(=C=C3CC4C3CC(/C=C/[C@@H](O[Si](C)(C)C(C)(C)C)C3CCCC3)C4O[Si](C)(C)C(C)(C)C)S(=O)c3ccccc3)(OC1)OC2. The summed E-state index contributed by atoms with van der Waals surface area (Å²) in [7, 11) is -5.34. The highest BCUT2D eigenvalue weighted by molar-refractivity contribution is 7.89. The molecule has 6 nitrogen and oxygen atoms in total. The van der Waals surface area contributed by atoms with Crippen molar-refractivity contribution in [1.82, 2.24) is 0 Å². The lowest BCUT2D eigenvalue weighted by atomic mass is 9.71. The monoisotopic (exact) mass is 768 g/mol. The lowest BCUT2D eigenvalue weighted by Crippen LogP contribution is -2.58. The zero-order chi connectivity index (χ0) is 37.7. The summed E-state index contributed by atoms with van der Waals surface area (Å²) >= 11 is 0. The van der Waals surface area contributed by atoms with Crippen LogP contribution in [0, 0.1) is 29.1 Å². The minimum Gasteiger partial charge on any atom is -0.413 e. The molecule has 0 spiro atoms. The molecule has 6 atom stereocenters. The summed E-state index contributed by atoms with van der Waals surface area (Å²) < 4.78 is 47.1. The van der Waals surface area contributed by atoms with Crippen LogP contribution in [0.2, 0.25) is 36.3 Å². The molecule has 3 saturated heterocycles. The van der Waals surface area contributed by atoms with E-state index in [4.69, 9.17) is 23.1 Å². The van der Waals surface area contributed by atoms with E-state index in [0.29, 0.717) is 56.3 Å². The molecule has 6 fully saturated rings. The second-order valence-corrected chi connectivity index (χ2v) is 31.0. The van der Waals surface area contributed by atoms with Crippen LogP contribution in [0.1, 0.15) is 99.8 Å². The van der Waals surface area contributed by atoms with E-state index in [2.05, 4.69) is 92.5 Å². The van der Waals surface area contributed by atoms with Crippen molar-refractivity contribution in [3.8, 4) is 0 Å². The third-order valence-corrected chi connectivity index (χ3v) is 24.1. The molecule has 52 heavy (non-hydrogen) atoms. The molecule has 7 rings (SSSR count). The molecule has 3 aliphatic carbocycles. The first-order valence-electron chi connectivity index (χ1n) is 20.1. The summed E-state index contributed by atoms with van der Waals surface area (Å²) in [6, 6.07) is 9.79. The van der Waals surface area contributed by atoms with E-state index in [0.717, 1.165) is 22.6 Å². The summed E-state index contributed by atoms with van der Waals surface area (Å²) in [5.74, 6) is 0.644. The predicted molar refractivity (Wildman–Crippen MR) is 216 cm³/mol. The standard InChI is InChI=1S/C43H68O6SSi2/c1-40(2,3)51(8,9)48-38(31-17-15-16-18-31)22-21-32-26-36-33(27-37(36)39(32)49-52(10,11)41(4,5)6)25-35(50(44)34-19-13-12-14-20-34)23-24-43-45-28-42(7,29-46-43)30-47-43/h12-14,19-22,31-32,36-39H,15-18,23-24,26-30H2,1-11H3/b22-21+/t25?,32?,36?,37?,38-,39?,42?,43?,50?/m1/s1. The molecule has 9 heteroatoms. The van der Waals surface area contributed by atoms with E-state index < -0.39 is 33.4 Å². The van der Waals surface area contributed by atoms with Crippen molar-refractivity contribution in [3.63, 3.8) is 0 Å². The van der Waals surface area contributed by atoms with E-state index in [1.807, 2.05) is 30.3 Å². The number of rotatable bonds is 12. The average molecular weight is 769 g/mol. The molecule has 2 bridgehead atoms. The molecule has 290 valence electrons. The molecule has 3 heterocycles. The zero-order valence-electron chi connectivity index (χ0n) is 34.1. The maximum atomic E-state index is 14.2. The van der Waals surface area contributed by atoms with E-state index >= 15 is 0 Å². The van der Waals surface area contributed by atoms with Crippen LogP contribution in [0.3, 0.4) is 0 Å². The van der Waals surface area contributed by atoms with E-state index in [1.54, 1.807) is 0 Å². The molecule has 5 unspecified atom stereocenters. The van der Waals surface area contributed by atoms with Crippen molar-refractivity contribution >= 4 is 27.4 Å². The molecule has 3 saturated carbocycles. The molecular formula is C43H68O6SSi2. The van der Waals surface area contributed by atoms with Gasteiger partial charge in [0.2, 0.25) is 0 Å². The topological polar surface area (TPSA) is 63.2 Å². The van der Waals surface area contributed by atoms with Gasteiger partial charge in [-0.05, 0) is 104 Å². The quantitative estimate of drug-likeness (QED) is 0.120. The maximum Gasteiger partial charge on any atom is 0.283 e. The lowest BCUT2D eigenvalue weighted by Gasteiger charge is -2.50. The van der Waals surface area contributed by atoms with Gasteiger partial charge in [-0.15, -0.1) is 5.73 Å². The number of ether oxygens (including phenoxy) is 3. The first-order chi connectivity index (χ1) is 24.2. The van der Waals surface area contributed by atoms with Gasteiger partial charge in [0.1, 0.15) is 0 Å². The molecule has 3 aliphatic heterocycles. The summed E-state index contributed by atoms with van der Waals surface area (Å²) in [6.45, 7) is 27.6. The van der Waals surface area contributed by atoms with Gasteiger partial charge in [0, 0.05) is 22.6 Å². The third kappa shape index (κ3) is 8.63. The largest absolute Gasteiger partial charge is 0.413 e. The fourth-order valence-corrected chi connectivity index (χ4v) is 12.0. The second kappa shape index (κ2) is 15.1. The van der Waals surface area contributed by atoms with Gasteiger partial charge in [0.25, 0.3) is 5.97 Å². The molecule has 1 aromatic carbocycles. The van der Waals surface area contributed by atoms with Crippen LogP contribution >= 0.6 is 0 Å². The summed E-state index contributed by atoms with van der Waals surface area (Å²) in [5.41, 5.74) is 4.98. The van der Waals surface area contributed by atoms with Crippen molar-refractivity contribution in [2.24, 2.45) is 29.1 Å². The van der Waals surface area contributed by atoms with Crippen LogP contribution in [0.15, 0.2) is 63.6 Å². The lowest BCUT2D eigenvalue weighted by molar-refractivity contribution is -0.467. The van der Waals surface area contributed by atoms with Gasteiger partial charge in [-0.1, -0.05) is 91.7 Å². The van der Waals surface area contributed by atoms with Crippen molar-refractivity contribution < 1.29 is 27.3 Å². The van der Waals surface area contributed by atoms with Gasteiger partial charge in [-0.25, -0.2) is 4.21 Å². The fraction of sp³-hybridized carbons (Fsp3) is 0.744. The molecule has 0 N–H and O–H groups in total. The Bertz CT molecular complexity index is 1520. The van der Waals surface area contributed by atoms with Crippen LogP contribution in [0.5, 0.6) is 0 Å². The van der Waals surface area contributed by atoms with Crippen molar-refractivity contribution in [3.05, 3.63) is 58.7 Å².